The Labute approximate surface area is 99.3 Å². The van der Waals surface area contributed by atoms with Crippen molar-refractivity contribution in [1.82, 2.24) is 14.6 Å². The number of aromatic carboxylic acids is 1. The third kappa shape index (κ3) is 1.49. The molecule has 0 amide bonds. The quantitative estimate of drug-likeness (QED) is 0.700. The molecule has 2 N–H and O–H groups in total. The maximum atomic E-state index is 11.8. The highest BCUT2D eigenvalue weighted by molar-refractivity contribution is 5.86. The van der Waals surface area contributed by atoms with Crippen LogP contribution in [0.5, 0.6) is 0 Å². The van der Waals surface area contributed by atoms with Crippen LogP contribution in [0.3, 0.4) is 0 Å². The van der Waals surface area contributed by atoms with Crippen LogP contribution < -0.4 is 5.56 Å². The molecule has 0 unspecified atom stereocenters. The number of furan rings is 1. The zero-order valence-corrected chi connectivity index (χ0v) is 8.95. The van der Waals surface area contributed by atoms with E-state index in [1.165, 1.54) is 18.4 Å². The first-order valence-corrected chi connectivity index (χ1v) is 5.05. The molecule has 0 aliphatic carbocycles. The molecule has 0 radical (unpaired) electrons. The standard InChI is InChI=1S/C11H7N3O4/c15-10-5-6(8-2-1-3-18-8)12-9-4-7(11(16)17)13-14(9)10/h1-5,13H,(H,16,17). The van der Waals surface area contributed by atoms with Gasteiger partial charge in [-0.05, 0) is 12.1 Å². The third-order valence-electron chi connectivity index (χ3n) is 2.45. The number of fused-ring (bicyclic) bond motifs is 1. The van der Waals surface area contributed by atoms with Crippen LogP contribution in [-0.2, 0) is 0 Å². The number of aromatic nitrogens is 3. The molecule has 18 heavy (non-hydrogen) atoms. The van der Waals surface area contributed by atoms with Gasteiger partial charge >= 0.3 is 5.97 Å². The predicted molar refractivity (Wildman–Crippen MR) is 60.5 cm³/mol. The van der Waals surface area contributed by atoms with Crippen LogP contribution >= 0.6 is 0 Å². The molecular formula is C11H7N3O4. The largest absolute Gasteiger partial charge is 0.477 e. The zero-order chi connectivity index (χ0) is 12.7. The predicted octanol–water partition coefficient (Wildman–Crippen LogP) is 0.981. The first-order valence-electron chi connectivity index (χ1n) is 5.05. The van der Waals surface area contributed by atoms with Gasteiger partial charge in [-0.25, -0.2) is 14.3 Å². The fourth-order valence-corrected chi connectivity index (χ4v) is 1.65. The molecule has 0 atom stereocenters. The van der Waals surface area contributed by atoms with Gasteiger partial charge in [-0.1, -0.05) is 0 Å². The van der Waals surface area contributed by atoms with Crippen molar-refractivity contribution in [2.24, 2.45) is 0 Å². The molecule has 0 spiro atoms. The molecule has 7 nitrogen and oxygen atoms in total. The molecule has 90 valence electrons. The minimum Gasteiger partial charge on any atom is -0.477 e. The van der Waals surface area contributed by atoms with E-state index in [4.69, 9.17) is 9.52 Å². The minimum atomic E-state index is -1.15. The number of nitrogens with one attached hydrogen (secondary N) is 1. The summed E-state index contributed by atoms with van der Waals surface area (Å²) in [5.74, 6) is -0.702. The number of H-pyrrole nitrogens is 1. The van der Waals surface area contributed by atoms with Gasteiger partial charge in [-0.2, -0.15) is 0 Å². The summed E-state index contributed by atoms with van der Waals surface area (Å²) in [6, 6.07) is 5.91. The topological polar surface area (TPSA) is 101 Å². The van der Waals surface area contributed by atoms with Crippen molar-refractivity contribution in [2.75, 3.05) is 0 Å². The van der Waals surface area contributed by atoms with Crippen molar-refractivity contribution in [3.8, 4) is 11.5 Å². The molecule has 3 rings (SSSR count). The van der Waals surface area contributed by atoms with Crippen molar-refractivity contribution in [3.05, 3.63) is 46.6 Å². The van der Waals surface area contributed by atoms with Crippen LogP contribution in [0.1, 0.15) is 10.5 Å². The molecular weight excluding hydrogens is 238 g/mol. The fourth-order valence-electron chi connectivity index (χ4n) is 1.65. The van der Waals surface area contributed by atoms with Crippen LogP contribution in [0.2, 0.25) is 0 Å². The van der Waals surface area contributed by atoms with E-state index in [1.54, 1.807) is 12.1 Å². The second-order valence-corrected chi connectivity index (χ2v) is 3.63. The van der Waals surface area contributed by atoms with E-state index in [-0.39, 0.29) is 11.3 Å². The molecule has 3 heterocycles. The van der Waals surface area contributed by atoms with Crippen LogP contribution in [0.4, 0.5) is 0 Å². The summed E-state index contributed by atoms with van der Waals surface area (Å²) in [5.41, 5.74) is 0.0855. The molecule has 0 aliphatic rings. The molecule has 0 bridgehead atoms. The number of rotatable bonds is 2. The van der Waals surface area contributed by atoms with Gasteiger partial charge in [0, 0.05) is 12.1 Å². The lowest BCUT2D eigenvalue weighted by Crippen LogP contribution is -2.14. The number of hydrogen-bond acceptors (Lipinski definition) is 4. The lowest BCUT2D eigenvalue weighted by molar-refractivity contribution is 0.0690. The summed E-state index contributed by atoms with van der Waals surface area (Å²) in [6.07, 6.45) is 1.47. The molecule has 0 saturated carbocycles. The van der Waals surface area contributed by atoms with Gasteiger partial charge in [-0.3, -0.25) is 9.89 Å². The average molecular weight is 245 g/mol. The average Bonchev–Trinajstić information content (AvgIpc) is 2.97. The normalized spacial score (nSPS) is 10.9. The summed E-state index contributed by atoms with van der Waals surface area (Å²) in [6.45, 7) is 0. The number of aromatic amines is 1. The van der Waals surface area contributed by atoms with Crippen LogP contribution in [0.15, 0.2) is 39.7 Å². The first kappa shape index (κ1) is 10.3. The van der Waals surface area contributed by atoms with Gasteiger partial charge in [0.25, 0.3) is 5.56 Å². The van der Waals surface area contributed by atoms with Gasteiger partial charge in [0.1, 0.15) is 11.4 Å². The Balaban J connectivity index is 2.27. The number of nitrogens with zero attached hydrogens (tertiary/aromatic N) is 2. The second-order valence-electron chi connectivity index (χ2n) is 3.63. The van der Waals surface area contributed by atoms with Gasteiger partial charge in [0.2, 0.25) is 0 Å². The van der Waals surface area contributed by atoms with E-state index < -0.39 is 11.5 Å². The van der Waals surface area contributed by atoms with E-state index in [1.807, 2.05) is 0 Å². The Morgan fingerprint density at radius 2 is 2.28 bits per heavy atom. The fraction of sp³-hybridized carbons (Fsp3) is 0. The van der Waals surface area contributed by atoms with Crippen molar-refractivity contribution >= 4 is 11.6 Å². The van der Waals surface area contributed by atoms with Crippen LogP contribution in [-0.4, -0.2) is 25.7 Å². The van der Waals surface area contributed by atoms with Gasteiger partial charge in [0.15, 0.2) is 11.4 Å². The highest BCUT2D eigenvalue weighted by atomic mass is 16.4. The van der Waals surface area contributed by atoms with Crippen molar-refractivity contribution in [3.63, 3.8) is 0 Å². The summed E-state index contributed by atoms with van der Waals surface area (Å²) in [7, 11) is 0. The molecule has 3 aromatic heterocycles. The Morgan fingerprint density at radius 1 is 1.44 bits per heavy atom. The molecule has 7 heteroatoms. The lowest BCUT2D eigenvalue weighted by atomic mass is 10.3. The van der Waals surface area contributed by atoms with Gasteiger partial charge in [-0.15, -0.1) is 0 Å². The van der Waals surface area contributed by atoms with Gasteiger partial charge in [0.05, 0.1) is 6.26 Å². The maximum Gasteiger partial charge on any atom is 0.353 e. The van der Waals surface area contributed by atoms with E-state index in [9.17, 15) is 9.59 Å². The van der Waals surface area contributed by atoms with Gasteiger partial charge < -0.3 is 9.52 Å². The Morgan fingerprint density at radius 3 is 2.94 bits per heavy atom. The molecule has 0 aromatic carbocycles. The SMILES string of the molecule is O=C(O)c1cc2nc(-c3ccco3)cc(=O)n2[nH]1. The van der Waals surface area contributed by atoms with Crippen molar-refractivity contribution < 1.29 is 14.3 Å². The van der Waals surface area contributed by atoms with Crippen LogP contribution in [0.25, 0.3) is 17.1 Å². The number of carbonyl (C=O) groups is 1. The Hall–Kier alpha value is -2.83. The Kier molecular flexibility index (Phi) is 2.06. The number of hydrogen-bond donors (Lipinski definition) is 2. The highest BCUT2D eigenvalue weighted by Gasteiger charge is 2.12. The first-order chi connectivity index (χ1) is 8.65. The van der Waals surface area contributed by atoms with Crippen molar-refractivity contribution in [2.45, 2.75) is 0 Å². The third-order valence-corrected chi connectivity index (χ3v) is 2.45. The smallest absolute Gasteiger partial charge is 0.353 e. The van der Waals surface area contributed by atoms with E-state index >= 15 is 0 Å². The molecule has 0 aliphatic heterocycles. The van der Waals surface area contributed by atoms with E-state index in [2.05, 4.69) is 10.1 Å². The Bertz CT molecular complexity index is 782. The second kappa shape index (κ2) is 3.59. The molecule has 0 saturated heterocycles. The highest BCUT2D eigenvalue weighted by Crippen LogP contribution is 2.16. The summed E-state index contributed by atoms with van der Waals surface area (Å²) in [4.78, 5) is 26.7. The summed E-state index contributed by atoms with van der Waals surface area (Å²) >= 11 is 0. The molecule has 3 aromatic rings. The maximum absolute atomic E-state index is 11.8. The van der Waals surface area contributed by atoms with E-state index in [0.29, 0.717) is 11.5 Å². The molecule has 0 fully saturated rings. The van der Waals surface area contributed by atoms with Crippen LogP contribution in [0, 0.1) is 0 Å². The monoisotopic (exact) mass is 245 g/mol. The van der Waals surface area contributed by atoms with Crippen molar-refractivity contribution in [1.29, 1.82) is 0 Å². The van der Waals surface area contributed by atoms with E-state index in [0.717, 1.165) is 4.52 Å². The number of carboxylic acid groups (broad SMARTS) is 1. The number of carboxylic acids is 1. The summed E-state index contributed by atoms with van der Waals surface area (Å²) in [5, 5.41) is 11.3. The zero-order valence-electron chi connectivity index (χ0n) is 8.95. The summed E-state index contributed by atoms with van der Waals surface area (Å²) < 4.78 is 6.21. The lowest BCUT2D eigenvalue weighted by Gasteiger charge is -1.96. The minimum absolute atomic E-state index is 0.101.